The third-order valence-corrected chi connectivity index (χ3v) is 5.06. The Bertz CT molecular complexity index is 473. The smallest absolute Gasteiger partial charge is 0.237 e. The van der Waals surface area contributed by atoms with Crippen LogP contribution in [0.2, 0.25) is 0 Å². The maximum absolute atomic E-state index is 12.2. The monoisotopic (exact) mass is 322 g/mol. The van der Waals surface area contributed by atoms with Crippen LogP contribution < -0.4 is 11.1 Å². The Balaban J connectivity index is 0.00000176. The summed E-state index contributed by atoms with van der Waals surface area (Å²) >= 11 is 0. The van der Waals surface area contributed by atoms with Crippen molar-refractivity contribution in [3.8, 4) is 0 Å². The number of halogens is 1. The Morgan fingerprint density at radius 3 is 2.55 bits per heavy atom. The molecule has 2 fully saturated rings. The minimum Gasteiger partial charge on any atom is -0.352 e. The molecule has 1 amide bonds. The summed E-state index contributed by atoms with van der Waals surface area (Å²) in [5.41, 5.74) is 7.16. The maximum Gasteiger partial charge on any atom is 0.237 e. The lowest BCUT2D eigenvalue weighted by molar-refractivity contribution is -0.122. The Labute approximate surface area is 139 Å². The fourth-order valence-electron chi connectivity index (χ4n) is 3.71. The number of amides is 1. The summed E-state index contributed by atoms with van der Waals surface area (Å²) in [6, 6.07) is 9.96. The van der Waals surface area contributed by atoms with Crippen molar-refractivity contribution >= 4 is 18.3 Å². The van der Waals surface area contributed by atoms with Crippen LogP contribution >= 0.6 is 12.4 Å². The first-order chi connectivity index (χ1) is 10.2. The molecule has 0 saturated heterocycles. The summed E-state index contributed by atoms with van der Waals surface area (Å²) in [4.78, 5) is 12.2. The molecule has 3 rings (SSSR count). The Morgan fingerprint density at radius 2 is 1.86 bits per heavy atom. The Kier molecular flexibility index (Phi) is 6.27. The van der Waals surface area contributed by atoms with Gasteiger partial charge in [0.15, 0.2) is 0 Å². The number of nitrogens with two attached hydrogens (primary N) is 1. The molecule has 1 aromatic carbocycles. The molecule has 2 aliphatic rings. The summed E-state index contributed by atoms with van der Waals surface area (Å²) in [6.07, 6.45) is 8.62. The van der Waals surface area contributed by atoms with Crippen molar-refractivity contribution in [2.24, 2.45) is 17.6 Å². The minimum absolute atomic E-state index is 0. The number of rotatable bonds is 5. The topological polar surface area (TPSA) is 55.1 Å². The van der Waals surface area contributed by atoms with Crippen molar-refractivity contribution in [2.45, 2.75) is 57.0 Å². The normalized spacial score (nSPS) is 25.9. The predicted molar refractivity (Wildman–Crippen MR) is 92.0 cm³/mol. The van der Waals surface area contributed by atoms with E-state index < -0.39 is 6.04 Å². The second-order valence-electron chi connectivity index (χ2n) is 6.71. The molecule has 0 heterocycles. The molecule has 0 spiro atoms. The summed E-state index contributed by atoms with van der Waals surface area (Å²) in [5.74, 6) is 1.58. The molecule has 0 aromatic heterocycles. The number of carbonyl (C=O) groups excluding carboxylic acids is 1. The summed E-state index contributed by atoms with van der Waals surface area (Å²) in [7, 11) is 0. The third-order valence-electron chi connectivity index (χ3n) is 5.06. The summed E-state index contributed by atoms with van der Waals surface area (Å²) in [5, 5.41) is 3.16. The van der Waals surface area contributed by atoms with Gasteiger partial charge in [0.1, 0.15) is 0 Å². The van der Waals surface area contributed by atoms with Crippen molar-refractivity contribution in [1.29, 1.82) is 0 Å². The van der Waals surface area contributed by atoms with Gasteiger partial charge in [0.2, 0.25) is 5.91 Å². The zero-order valence-electron chi connectivity index (χ0n) is 13.0. The van der Waals surface area contributed by atoms with Gasteiger partial charge in [-0.15, -0.1) is 12.4 Å². The lowest BCUT2D eigenvalue weighted by Crippen LogP contribution is -2.43. The number of benzene rings is 1. The van der Waals surface area contributed by atoms with Crippen molar-refractivity contribution in [3.05, 3.63) is 35.9 Å². The molecule has 3 atom stereocenters. The van der Waals surface area contributed by atoms with Gasteiger partial charge < -0.3 is 11.1 Å². The van der Waals surface area contributed by atoms with Gasteiger partial charge in [-0.25, -0.2) is 0 Å². The summed E-state index contributed by atoms with van der Waals surface area (Å²) in [6.45, 7) is 0. The Hall–Kier alpha value is -1.06. The van der Waals surface area contributed by atoms with Gasteiger partial charge in [-0.3, -0.25) is 4.79 Å². The van der Waals surface area contributed by atoms with Crippen molar-refractivity contribution in [3.63, 3.8) is 0 Å². The third kappa shape index (κ3) is 4.47. The molecule has 1 aromatic rings. The van der Waals surface area contributed by atoms with E-state index in [9.17, 15) is 4.79 Å². The standard InChI is InChI=1S/C18H26N2O.ClH/c19-16(11-13-7-3-1-4-8-13)18(21)20-17-12-15(17)14-9-5-2-6-10-14;/h1,3-4,7-8,14-17H,2,5-6,9-12,19H2,(H,20,21);1H/t15?,16-,17?;/m0./s1. The van der Waals surface area contributed by atoms with E-state index in [-0.39, 0.29) is 18.3 Å². The van der Waals surface area contributed by atoms with Crippen LogP contribution in [0.25, 0.3) is 0 Å². The number of nitrogens with one attached hydrogen (secondary N) is 1. The molecule has 0 bridgehead atoms. The van der Waals surface area contributed by atoms with Crippen LogP contribution in [0.3, 0.4) is 0 Å². The highest BCUT2D eigenvalue weighted by molar-refractivity contribution is 5.85. The van der Waals surface area contributed by atoms with Gasteiger partial charge in [-0.1, -0.05) is 62.4 Å². The van der Waals surface area contributed by atoms with Crippen LogP contribution in [0.15, 0.2) is 30.3 Å². The van der Waals surface area contributed by atoms with Gasteiger partial charge >= 0.3 is 0 Å². The zero-order chi connectivity index (χ0) is 14.7. The van der Waals surface area contributed by atoms with E-state index in [1.807, 2.05) is 30.3 Å². The first-order valence-electron chi connectivity index (χ1n) is 8.34. The molecule has 3 N–H and O–H groups in total. The van der Waals surface area contributed by atoms with Gasteiger partial charge in [0, 0.05) is 6.04 Å². The van der Waals surface area contributed by atoms with E-state index in [4.69, 9.17) is 5.73 Å². The highest BCUT2D eigenvalue weighted by Gasteiger charge is 2.44. The maximum atomic E-state index is 12.2. The van der Waals surface area contributed by atoms with Crippen molar-refractivity contribution < 1.29 is 4.79 Å². The molecular weight excluding hydrogens is 296 g/mol. The predicted octanol–water partition coefficient (Wildman–Crippen LogP) is 3.06. The van der Waals surface area contributed by atoms with Crippen LogP contribution in [0.1, 0.15) is 44.1 Å². The molecule has 3 nitrogen and oxygen atoms in total. The van der Waals surface area contributed by atoms with Crippen molar-refractivity contribution in [1.82, 2.24) is 5.32 Å². The van der Waals surface area contributed by atoms with Crippen LogP contribution in [-0.2, 0) is 11.2 Å². The molecule has 122 valence electrons. The van der Waals surface area contributed by atoms with E-state index in [0.29, 0.717) is 12.5 Å². The lowest BCUT2D eigenvalue weighted by Gasteiger charge is -2.22. The minimum atomic E-state index is -0.431. The molecule has 0 radical (unpaired) electrons. The summed E-state index contributed by atoms with van der Waals surface area (Å²) < 4.78 is 0. The second kappa shape index (κ2) is 7.98. The van der Waals surface area contributed by atoms with Crippen LogP contribution in [0.5, 0.6) is 0 Å². The number of carbonyl (C=O) groups is 1. The average molecular weight is 323 g/mol. The van der Waals surface area contributed by atoms with Gasteiger partial charge in [-0.05, 0) is 30.2 Å². The van der Waals surface area contributed by atoms with Gasteiger partial charge in [-0.2, -0.15) is 0 Å². The Morgan fingerprint density at radius 1 is 1.18 bits per heavy atom. The zero-order valence-corrected chi connectivity index (χ0v) is 13.9. The molecule has 22 heavy (non-hydrogen) atoms. The first kappa shape index (κ1) is 17.3. The van der Waals surface area contributed by atoms with E-state index in [1.165, 1.54) is 32.1 Å². The van der Waals surface area contributed by atoms with Crippen LogP contribution in [0, 0.1) is 11.8 Å². The first-order valence-corrected chi connectivity index (χ1v) is 8.34. The largest absolute Gasteiger partial charge is 0.352 e. The highest BCUT2D eigenvalue weighted by Crippen LogP contribution is 2.44. The lowest BCUT2D eigenvalue weighted by atomic mass is 9.85. The highest BCUT2D eigenvalue weighted by atomic mass is 35.5. The van der Waals surface area contributed by atoms with E-state index >= 15 is 0 Å². The molecule has 2 saturated carbocycles. The number of hydrogen-bond donors (Lipinski definition) is 2. The average Bonchev–Trinajstić information content (AvgIpc) is 3.28. The molecule has 2 aliphatic carbocycles. The van der Waals surface area contributed by atoms with Crippen LogP contribution in [0.4, 0.5) is 0 Å². The van der Waals surface area contributed by atoms with Crippen molar-refractivity contribution in [2.75, 3.05) is 0 Å². The quantitative estimate of drug-likeness (QED) is 0.875. The number of hydrogen-bond acceptors (Lipinski definition) is 2. The van der Waals surface area contributed by atoms with E-state index in [1.54, 1.807) is 0 Å². The molecule has 0 aliphatic heterocycles. The van der Waals surface area contributed by atoms with Crippen LogP contribution in [-0.4, -0.2) is 18.0 Å². The second-order valence-corrected chi connectivity index (χ2v) is 6.71. The van der Waals surface area contributed by atoms with E-state index in [0.717, 1.165) is 23.8 Å². The fourth-order valence-corrected chi connectivity index (χ4v) is 3.71. The molecular formula is C18H27ClN2O. The van der Waals surface area contributed by atoms with Gasteiger partial charge in [0.05, 0.1) is 6.04 Å². The van der Waals surface area contributed by atoms with Gasteiger partial charge in [0.25, 0.3) is 0 Å². The SMILES string of the molecule is Cl.N[C@@H](Cc1ccccc1)C(=O)NC1CC1C1CCCCC1. The van der Waals surface area contributed by atoms with E-state index in [2.05, 4.69) is 5.32 Å². The molecule has 4 heteroatoms. The molecule has 2 unspecified atom stereocenters. The fraction of sp³-hybridized carbons (Fsp3) is 0.611.